The molecule has 0 spiro atoms. The first-order chi connectivity index (χ1) is 14.6. The van der Waals surface area contributed by atoms with E-state index in [0.717, 1.165) is 16.9 Å². The van der Waals surface area contributed by atoms with Gasteiger partial charge in [-0.2, -0.15) is 0 Å². The van der Waals surface area contributed by atoms with E-state index in [9.17, 15) is 9.90 Å². The van der Waals surface area contributed by atoms with Crippen molar-refractivity contribution in [1.82, 2.24) is 14.8 Å². The zero-order valence-corrected chi connectivity index (χ0v) is 16.4. The van der Waals surface area contributed by atoms with Gasteiger partial charge in [0.25, 0.3) is 0 Å². The fourth-order valence-electron chi connectivity index (χ4n) is 3.04. The minimum absolute atomic E-state index is 0.106. The molecule has 0 atom stereocenters. The van der Waals surface area contributed by atoms with Crippen LogP contribution in [0.15, 0.2) is 78.9 Å². The van der Waals surface area contributed by atoms with Crippen LogP contribution in [-0.2, 0) is 4.79 Å². The van der Waals surface area contributed by atoms with Crippen molar-refractivity contribution in [2.75, 3.05) is 5.32 Å². The summed E-state index contributed by atoms with van der Waals surface area (Å²) in [7, 11) is 0. The molecule has 6 nitrogen and oxygen atoms in total. The van der Waals surface area contributed by atoms with E-state index >= 15 is 0 Å². The number of phenols is 1. The Morgan fingerprint density at radius 2 is 1.63 bits per heavy atom. The molecule has 1 amide bonds. The van der Waals surface area contributed by atoms with Gasteiger partial charge in [-0.25, -0.2) is 9.67 Å². The summed E-state index contributed by atoms with van der Waals surface area (Å²) in [5.41, 5.74) is 3.15. The topological polar surface area (TPSA) is 80.0 Å². The first-order valence-corrected chi connectivity index (χ1v) is 9.47. The van der Waals surface area contributed by atoms with Crippen molar-refractivity contribution in [1.29, 1.82) is 0 Å². The van der Waals surface area contributed by atoms with Gasteiger partial charge in [-0.15, -0.1) is 5.10 Å². The zero-order valence-electron chi connectivity index (χ0n) is 16.4. The molecule has 0 aliphatic carbocycles. The van der Waals surface area contributed by atoms with Crippen molar-refractivity contribution in [2.45, 2.75) is 6.92 Å². The number of anilines is 1. The minimum Gasteiger partial charge on any atom is -0.507 e. The number of carbonyl (C=O) groups excluding carboxylic acids is 1. The number of hydrogen-bond acceptors (Lipinski definition) is 4. The fourth-order valence-corrected chi connectivity index (χ4v) is 3.04. The van der Waals surface area contributed by atoms with Crippen LogP contribution >= 0.6 is 0 Å². The third kappa shape index (κ3) is 4.28. The van der Waals surface area contributed by atoms with Gasteiger partial charge in [0.05, 0.1) is 11.3 Å². The molecule has 4 aromatic rings. The van der Waals surface area contributed by atoms with Crippen molar-refractivity contribution in [3.8, 4) is 22.8 Å². The van der Waals surface area contributed by atoms with Gasteiger partial charge in [-0.1, -0.05) is 48.5 Å². The number of aromatic hydroxyl groups is 1. The molecule has 148 valence electrons. The Balaban J connectivity index is 1.68. The lowest BCUT2D eigenvalue weighted by molar-refractivity contribution is -0.114. The highest BCUT2D eigenvalue weighted by molar-refractivity contribution is 5.88. The fraction of sp³-hybridized carbons (Fsp3) is 0.0417. The highest BCUT2D eigenvalue weighted by Gasteiger charge is 2.15. The molecule has 1 aromatic heterocycles. The number of hydrogen-bond donors (Lipinski definition) is 2. The predicted molar refractivity (Wildman–Crippen MR) is 118 cm³/mol. The van der Waals surface area contributed by atoms with Crippen LogP contribution in [0.5, 0.6) is 5.75 Å². The molecule has 0 aliphatic heterocycles. The van der Waals surface area contributed by atoms with Gasteiger partial charge in [0, 0.05) is 12.6 Å². The lowest BCUT2D eigenvalue weighted by Gasteiger charge is -2.06. The largest absolute Gasteiger partial charge is 0.507 e. The van der Waals surface area contributed by atoms with Crippen LogP contribution in [-0.4, -0.2) is 25.8 Å². The Morgan fingerprint density at radius 3 is 2.33 bits per heavy atom. The van der Waals surface area contributed by atoms with Gasteiger partial charge in [-0.05, 0) is 48.0 Å². The predicted octanol–water partition coefficient (Wildman–Crippen LogP) is 4.77. The lowest BCUT2D eigenvalue weighted by atomic mass is 10.2. The summed E-state index contributed by atoms with van der Waals surface area (Å²) < 4.78 is 1.72. The number of amides is 1. The SMILES string of the molecule is CC(=O)Nc1ccc(C=Cc2nc(-c3ccccc3O)n(-c3ccccc3)n2)cc1. The molecule has 3 aromatic carbocycles. The van der Waals surface area contributed by atoms with Gasteiger partial charge >= 0.3 is 0 Å². The van der Waals surface area contributed by atoms with Crippen LogP contribution in [0.1, 0.15) is 18.3 Å². The summed E-state index contributed by atoms with van der Waals surface area (Å²) >= 11 is 0. The summed E-state index contributed by atoms with van der Waals surface area (Å²) in [6.07, 6.45) is 3.72. The van der Waals surface area contributed by atoms with Crippen LogP contribution in [0.3, 0.4) is 0 Å². The second kappa shape index (κ2) is 8.45. The van der Waals surface area contributed by atoms with E-state index in [1.807, 2.05) is 78.9 Å². The molecule has 4 rings (SSSR count). The molecule has 6 heteroatoms. The number of carbonyl (C=O) groups is 1. The average Bonchev–Trinajstić information content (AvgIpc) is 3.18. The van der Waals surface area contributed by atoms with Crippen molar-refractivity contribution in [2.24, 2.45) is 0 Å². The number of para-hydroxylation sites is 2. The molecule has 0 saturated heterocycles. The summed E-state index contributed by atoms with van der Waals surface area (Å²) in [5, 5.41) is 17.7. The van der Waals surface area contributed by atoms with Gasteiger partial charge in [0.2, 0.25) is 5.91 Å². The molecule has 0 aliphatic rings. The maximum absolute atomic E-state index is 11.1. The minimum atomic E-state index is -0.106. The van der Waals surface area contributed by atoms with Crippen molar-refractivity contribution in [3.63, 3.8) is 0 Å². The van der Waals surface area contributed by atoms with E-state index in [4.69, 9.17) is 0 Å². The third-order valence-electron chi connectivity index (χ3n) is 4.43. The van der Waals surface area contributed by atoms with E-state index in [1.165, 1.54) is 6.92 Å². The first kappa shape index (κ1) is 19.1. The van der Waals surface area contributed by atoms with E-state index in [0.29, 0.717) is 17.2 Å². The maximum atomic E-state index is 11.1. The molecule has 2 N–H and O–H groups in total. The molecule has 30 heavy (non-hydrogen) atoms. The van der Waals surface area contributed by atoms with Crippen LogP contribution in [0, 0.1) is 0 Å². The highest BCUT2D eigenvalue weighted by atomic mass is 16.3. The van der Waals surface area contributed by atoms with Crippen molar-refractivity contribution in [3.05, 3.63) is 90.3 Å². The summed E-state index contributed by atoms with van der Waals surface area (Å²) in [5.74, 6) is 1.11. The smallest absolute Gasteiger partial charge is 0.221 e. The van der Waals surface area contributed by atoms with E-state index in [2.05, 4.69) is 15.4 Å². The number of rotatable bonds is 5. The second-order valence-corrected chi connectivity index (χ2v) is 6.69. The quantitative estimate of drug-likeness (QED) is 0.509. The van der Waals surface area contributed by atoms with Crippen LogP contribution in [0.2, 0.25) is 0 Å². The van der Waals surface area contributed by atoms with Crippen LogP contribution < -0.4 is 5.32 Å². The number of nitrogens with one attached hydrogen (secondary N) is 1. The molecule has 0 saturated carbocycles. The van der Waals surface area contributed by atoms with Gasteiger partial charge in [0.1, 0.15) is 5.75 Å². The number of phenolic OH excluding ortho intramolecular Hbond substituents is 1. The summed E-state index contributed by atoms with van der Waals surface area (Å²) in [4.78, 5) is 15.8. The Labute approximate surface area is 174 Å². The Bertz CT molecular complexity index is 1200. The molecule has 1 heterocycles. The van der Waals surface area contributed by atoms with E-state index in [1.54, 1.807) is 16.8 Å². The summed E-state index contributed by atoms with van der Waals surface area (Å²) in [6, 6.07) is 24.2. The molecule has 0 radical (unpaired) electrons. The van der Waals surface area contributed by atoms with E-state index < -0.39 is 0 Å². The molecular formula is C24H20N4O2. The monoisotopic (exact) mass is 396 g/mol. The van der Waals surface area contributed by atoms with Crippen LogP contribution in [0.25, 0.3) is 29.2 Å². The van der Waals surface area contributed by atoms with E-state index in [-0.39, 0.29) is 11.7 Å². The molecule has 0 bridgehead atoms. The average molecular weight is 396 g/mol. The van der Waals surface area contributed by atoms with Crippen LogP contribution in [0.4, 0.5) is 5.69 Å². The number of aromatic nitrogens is 3. The first-order valence-electron chi connectivity index (χ1n) is 9.47. The standard InChI is InChI=1S/C24H20N4O2/c1-17(29)25-19-14-11-18(12-15-19)13-16-23-26-24(21-9-5-6-10-22(21)30)28(27-23)20-7-3-2-4-8-20/h2-16,30H,1H3,(H,25,29). The number of benzene rings is 3. The number of nitrogens with zero attached hydrogens (tertiary/aromatic N) is 3. The normalized spacial score (nSPS) is 11.0. The van der Waals surface area contributed by atoms with Crippen molar-refractivity contribution >= 4 is 23.7 Å². The zero-order chi connectivity index (χ0) is 20.9. The van der Waals surface area contributed by atoms with Gasteiger partial charge in [0.15, 0.2) is 11.6 Å². The Kier molecular flexibility index (Phi) is 5.39. The Hall–Kier alpha value is -4.19. The lowest BCUT2D eigenvalue weighted by Crippen LogP contribution is -2.05. The Morgan fingerprint density at radius 1 is 0.933 bits per heavy atom. The third-order valence-corrected chi connectivity index (χ3v) is 4.43. The van der Waals surface area contributed by atoms with Gasteiger partial charge in [-0.3, -0.25) is 4.79 Å². The molecular weight excluding hydrogens is 376 g/mol. The van der Waals surface area contributed by atoms with Gasteiger partial charge < -0.3 is 10.4 Å². The highest BCUT2D eigenvalue weighted by Crippen LogP contribution is 2.29. The molecule has 0 unspecified atom stereocenters. The second-order valence-electron chi connectivity index (χ2n) is 6.69. The summed E-state index contributed by atoms with van der Waals surface area (Å²) in [6.45, 7) is 1.48. The molecule has 0 fully saturated rings. The van der Waals surface area contributed by atoms with Crippen molar-refractivity contribution < 1.29 is 9.90 Å². The maximum Gasteiger partial charge on any atom is 0.221 e.